The molecular weight excluding hydrogens is 716 g/mol. The number of hydrogen-bond donors (Lipinski definition) is 9. The van der Waals surface area contributed by atoms with Crippen LogP contribution in [-0.4, -0.2) is 119 Å². The number of amides is 8. The fourth-order valence-electron chi connectivity index (χ4n) is 5.78. The lowest BCUT2D eigenvalue weighted by molar-refractivity contribution is -0.141. The van der Waals surface area contributed by atoms with Crippen LogP contribution >= 0.6 is 0 Å². The standard InChI is InChI=1S/C37H58N8O10/c1-8-9-13-45-32(36(54)39-18-21(4)5)22(6)40-35(53)31(23(7)46)44-34(52)27(17-30(49)50)43-33(51)26(14-20(2)3)42-29(48)19-38-28(47)16-24-11-10-12-25(15-24)41-37(45)55/h10-12,15,20-23,26-27,31-32,46H,8-9,13-14,16-19H2,1-7H3,(H,38,47)(H,39,54)(H,40,53)(H,41,55)(H,42,48)(H,43,51)(H,44,52)(H,49,50)/t22-,23+,26-,27-,31-,32-/m0/s1. The van der Waals surface area contributed by atoms with Gasteiger partial charge in [-0.05, 0) is 56.2 Å². The summed E-state index contributed by atoms with van der Waals surface area (Å²) < 4.78 is 0. The molecule has 1 aliphatic rings. The Balaban J connectivity index is 2.66. The highest BCUT2D eigenvalue weighted by Gasteiger charge is 2.38. The summed E-state index contributed by atoms with van der Waals surface area (Å²) in [7, 11) is 0. The summed E-state index contributed by atoms with van der Waals surface area (Å²) in [5.74, 6) is -6.39. The van der Waals surface area contributed by atoms with Crippen molar-refractivity contribution in [2.45, 2.75) is 117 Å². The highest BCUT2D eigenvalue weighted by molar-refractivity contribution is 5.98. The van der Waals surface area contributed by atoms with E-state index in [1.165, 1.54) is 18.7 Å². The average Bonchev–Trinajstić information content (AvgIpc) is 3.08. The van der Waals surface area contributed by atoms with Gasteiger partial charge < -0.3 is 52.3 Å². The number of hydrogen-bond acceptors (Lipinski definition) is 9. The molecule has 18 heteroatoms. The number of carboxylic acids is 1. The third-order valence-corrected chi connectivity index (χ3v) is 8.57. The van der Waals surface area contributed by atoms with Crippen molar-refractivity contribution in [2.75, 3.05) is 25.0 Å². The molecule has 0 saturated carbocycles. The number of nitrogens with one attached hydrogen (secondary N) is 7. The maximum Gasteiger partial charge on any atom is 0.322 e. The Bertz CT molecular complexity index is 1530. The molecule has 1 aromatic carbocycles. The number of aliphatic carboxylic acids is 1. The summed E-state index contributed by atoms with van der Waals surface area (Å²) in [6.07, 6.45) is -1.42. The summed E-state index contributed by atoms with van der Waals surface area (Å²) in [5, 5.41) is 38.1. The van der Waals surface area contributed by atoms with E-state index in [2.05, 4.69) is 37.2 Å². The number of carboxylic acid groups (broad SMARTS) is 1. The molecule has 9 N–H and O–H groups in total. The van der Waals surface area contributed by atoms with Crippen LogP contribution in [0, 0.1) is 11.8 Å². The maximum absolute atomic E-state index is 14.0. The first-order valence-corrected chi connectivity index (χ1v) is 18.6. The van der Waals surface area contributed by atoms with Crippen LogP contribution in [0.4, 0.5) is 10.5 Å². The monoisotopic (exact) mass is 774 g/mol. The van der Waals surface area contributed by atoms with Crippen molar-refractivity contribution in [3.8, 4) is 0 Å². The number of nitrogens with zero attached hydrogens (tertiary/aromatic N) is 1. The molecule has 55 heavy (non-hydrogen) atoms. The van der Waals surface area contributed by atoms with Gasteiger partial charge in [0.1, 0.15) is 24.2 Å². The first-order chi connectivity index (χ1) is 25.8. The molecule has 0 radical (unpaired) electrons. The van der Waals surface area contributed by atoms with E-state index in [0.717, 1.165) is 0 Å². The van der Waals surface area contributed by atoms with Crippen LogP contribution in [0.5, 0.6) is 0 Å². The van der Waals surface area contributed by atoms with Crippen molar-refractivity contribution in [3.63, 3.8) is 0 Å². The van der Waals surface area contributed by atoms with Crippen molar-refractivity contribution in [2.24, 2.45) is 11.8 Å². The van der Waals surface area contributed by atoms with E-state index in [9.17, 15) is 48.6 Å². The van der Waals surface area contributed by atoms with Crippen LogP contribution < -0.4 is 37.2 Å². The first-order valence-electron chi connectivity index (χ1n) is 18.6. The lowest BCUT2D eigenvalue weighted by Gasteiger charge is -2.36. The molecule has 0 aromatic heterocycles. The molecule has 0 saturated heterocycles. The zero-order chi connectivity index (χ0) is 41.4. The van der Waals surface area contributed by atoms with Gasteiger partial charge in [0.2, 0.25) is 35.4 Å². The molecule has 18 nitrogen and oxygen atoms in total. The van der Waals surface area contributed by atoms with E-state index in [1.807, 2.05) is 20.8 Å². The number of aliphatic hydroxyl groups is 1. The number of unbranched alkanes of at least 4 members (excludes halogenated alkanes) is 1. The fourth-order valence-corrected chi connectivity index (χ4v) is 5.78. The minimum absolute atomic E-state index is 0.0422. The summed E-state index contributed by atoms with van der Waals surface area (Å²) in [4.78, 5) is 107. The van der Waals surface area contributed by atoms with Gasteiger partial charge in [-0.25, -0.2) is 4.79 Å². The minimum atomic E-state index is -1.75. The molecule has 0 aliphatic carbocycles. The van der Waals surface area contributed by atoms with E-state index in [-0.39, 0.29) is 37.8 Å². The Morgan fingerprint density at radius 2 is 1.56 bits per heavy atom. The molecule has 6 atom stereocenters. The third-order valence-electron chi connectivity index (χ3n) is 8.57. The van der Waals surface area contributed by atoms with E-state index < -0.39 is 96.7 Å². The third kappa shape index (κ3) is 15.6. The molecule has 2 rings (SSSR count). The zero-order valence-corrected chi connectivity index (χ0v) is 32.7. The SMILES string of the molecule is CCCCN1C(=O)Nc2cccc(c2)CC(=O)NCC(=O)N[C@@H](CC(C)C)C(=O)N[C@@H](CC(=O)O)C(=O)N[C@@H]([C@@H](C)O)C(=O)N[C@@H](C)[C@H]1C(=O)NCC(C)C. The van der Waals surface area contributed by atoms with Crippen molar-refractivity contribution in [1.82, 2.24) is 36.8 Å². The van der Waals surface area contributed by atoms with Crippen molar-refractivity contribution < 1.29 is 48.6 Å². The normalized spacial score (nSPS) is 23.1. The van der Waals surface area contributed by atoms with E-state index >= 15 is 0 Å². The first kappa shape index (κ1) is 45.9. The Hall–Kier alpha value is -5.26. The molecule has 0 unspecified atom stereocenters. The molecule has 1 aromatic rings. The molecule has 1 aliphatic heterocycles. The predicted octanol–water partition coefficient (Wildman–Crippen LogP) is -0.00560. The number of carbonyl (C=O) groups is 8. The fraction of sp³-hybridized carbons (Fsp3) is 0.622. The van der Waals surface area contributed by atoms with Gasteiger partial charge in [-0.3, -0.25) is 33.6 Å². The van der Waals surface area contributed by atoms with Gasteiger partial charge in [-0.1, -0.05) is 53.2 Å². The maximum atomic E-state index is 14.0. The number of benzene rings is 1. The average molecular weight is 775 g/mol. The van der Waals surface area contributed by atoms with Crippen LogP contribution in [0.25, 0.3) is 0 Å². The lowest BCUT2D eigenvalue weighted by Crippen LogP contribution is -2.64. The Kier molecular flexibility index (Phi) is 18.5. The quantitative estimate of drug-likeness (QED) is 0.145. The van der Waals surface area contributed by atoms with E-state index in [1.54, 1.807) is 38.1 Å². The molecule has 0 spiro atoms. The Labute approximate surface area is 321 Å². The van der Waals surface area contributed by atoms with Crippen LogP contribution in [0.15, 0.2) is 24.3 Å². The van der Waals surface area contributed by atoms with Gasteiger partial charge in [0.15, 0.2) is 0 Å². The van der Waals surface area contributed by atoms with Crippen LogP contribution in [0.2, 0.25) is 0 Å². The van der Waals surface area contributed by atoms with Gasteiger partial charge in [0.05, 0.1) is 31.5 Å². The van der Waals surface area contributed by atoms with Crippen molar-refractivity contribution >= 4 is 53.1 Å². The molecule has 0 fully saturated rings. The molecule has 2 bridgehead atoms. The lowest BCUT2D eigenvalue weighted by atomic mass is 10.0. The highest BCUT2D eigenvalue weighted by atomic mass is 16.4. The molecule has 306 valence electrons. The zero-order valence-electron chi connectivity index (χ0n) is 32.7. The van der Waals surface area contributed by atoms with Crippen LogP contribution in [-0.2, 0) is 40.0 Å². The minimum Gasteiger partial charge on any atom is -0.481 e. The summed E-state index contributed by atoms with van der Waals surface area (Å²) in [6, 6.07) is -1.33. The molecule has 8 amide bonds. The summed E-state index contributed by atoms with van der Waals surface area (Å²) in [5.41, 5.74) is 0.797. The van der Waals surface area contributed by atoms with Gasteiger partial charge in [-0.15, -0.1) is 0 Å². The Morgan fingerprint density at radius 1 is 0.891 bits per heavy atom. The summed E-state index contributed by atoms with van der Waals surface area (Å²) >= 11 is 0. The molecule has 1 heterocycles. The van der Waals surface area contributed by atoms with Gasteiger partial charge in [-0.2, -0.15) is 0 Å². The number of urea groups is 1. The number of anilines is 1. The van der Waals surface area contributed by atoms with Crippen LogP contribution in [0.3, 0.4) is 0 Å². The van der Waals surface area contributed by atoms with Gasteiger partial charge in [0.25, 0.3) is 0 Å². The van der Waals surface area contributed by atoms with Gasteiger partial charge in [0, 0.05) is 18.8 Å². The summed E-state index contributed by atoms with van der Waals surface area (Å²) in [6.45, 7) is 11.8. The molecular formula is C37H58N8O10. The second-order valence-electron chi connectivity index (χ2n) is 14.6. The van der Waals surface area contributed by atoms with E-state index in [4.69, 9.17) is 0 Å². The smallest absolute Gasteiger partial charge is 0.322 e. The number of rotatable bonds is 11. The number of aliphatic hydroxyl groups excluding tert-OH is 1. The topological polar surface area (TPSA) is 264 Å². The van der Waals surface area contributed by atoms with Crippen LogP contribution in [0.1, 0.15) is 79.7 Å². The predicted molar refractivity (Wildman–Crippen MR) is 202 cm³/mol. The highest BCUT2D eigenvalue weighted by Crippen LogP contribution is 2.16. The number of fused-ring (bicyclic) bond motifs is 2. The largest absolute Gasteiger partial charge is 0.481 e. The number of carbonyl (C=O) groups excluding carboxylic acids is 7. The Morgan fingerprint density at radius 3 is 2.16 bits per heavy atom. The van der Waals surface area contributed by atoms with Crippen molar-refractivity contribution in [1.29, 1.82) is 0 Å². The second kappa shape index (κ2) is 22.2. The second-order valence-corrected chi connectivity index (χ2v) is 14.6. The van der Waals surface area contributed by atoms with Crippen molar-refractivity contribution in [3.05, 3.63) is 29.8 Å². The van der Waals surface area contributed by atoms with Gasteiger partial charge >= 0.3 is 12.0 Å². The van der Waals surface area contributed by atoms with E-state index in [0.29, 0.717) is 24.1 Å².